The summed E-state index contributed by atoms with van der Waals surface area (Å²) in [6, 6.07) is 12.6. The Morgan fingerprint density at radius 3 is 2.69 bits per heavy atom. The second-order valence-electron chi connectivity index (χ2n) is 6.66. The molecular formula is C21H23N5. The lowest BCUT2D eigenvalue weighted by molar-refractivity contribution is 0.667. The number of para-hydroxylation sites is 1. The van der Waals surface area contributed by atoms with Crippen LogP contribution < -0.4 is 5.32 Å². The van der Waals surface area contributed by atoms with Gasteiger partial charge in [-0.25, -0.2) is 9.97 Å². The van der Waals surface area contributed by atoms with Gasteiger partial charge in [-0.2, -0.15) is 0 Å². The molecule has 0 spiro atoms. The third kappa shape index (κ3) is 3.02. The molecule has 0 unspecified atom stereocenters. The van der Waals surface area contributed by atoms with Gasteiger partial charge in [0.2, 0.25) is 0 Å². The molecule has 5 heteroatoms. The highest BCUT2D eigenvalue weighted by molar-refractivity contribution is 5.79. The van der Waals surface area contributed by atoms with Crippen LogP contribution in [0.15, 0.2) is 48.8 Å². The van der Waals surface area contributed by atoms with E-state index in [1.54, 1.807) is 0 Å². The fourth-order valence-corrected chi connectivity index (χ4v) is 3.29. The van der Waals surface area contributed by atoms with Crippen molar-refractivity contribution in [3.05, 3.63) is 77.1 Å². The number of benzene rings is 2. The number of aromatic nitrogens is 4. The molecule has 4 rings (SSSR count). The number of aryl methyl sites for hydroxylation is 3. The van der Waals surface area contributed by atoms with Gasteiger partial charge in [0.25, 0.3) is 0 Å². The molecule has 0 fully saturated rings. The molecule has 2 aromatic carbocycles. The molecule has 5 nitrogen and oxygen atoms in total. The van der Waals surface area contributed by atoms with Gasteiger partial charge in [-0.3, -0.25) is 0 Å². The third-order valence-electron chi connectivity index (χ3n) is 4.91. The molecule has 0 radical (unpaired) electrons. The first-order valence-corrected chi connectivity index (χ1v) is 8.87. The molecule has 2 N–H and O–H groups in total. The monoisotopic (exact) mass is 345 g/mol. The molecular weight excluding hydrogens is 322 g/mol. The summed E-state index contributed by atoms with van der Waals surface area (Å²) in [7, 11) is 0. The highest BCUT2D eigenvalue weighted by Crippen LogP contribution is 2.20. The van der Waals surface area contributed by atoms with Crippen molar-refractivity contribution in [3.63, 3.8) is 0 Å². The first-order valence-electron chi connectivity index (χ1n) is 8.87. The first-order chi connectivity index (χ1) is 12.6. The van der Waals surface area contributed by atoms with Gasteiger partial charge < -0.3 is 14.9 Å². The van der Waals surface area contributed by atoms with Gasteiger partial charge in [-0.1, -0.05) is 24.3 Å². The lowest BCUT2D eigenvalue weighted by atomic mass is 10.1. The summed E-state index contributed by atoms with van der Waals surface area (Å²) in [5.41, 5.74) is 7.07. The van der Waals surface area contributed by atoms with Crippen LogP contribution in [-0.4, -0.2) is 19.5 Å². The van der Waals surface area contributed by atoms with E-state index in [0.717, 1.165) is 34.9 Å². The topological polar surface area (TPSA) is 58.5 Å². The van der Waals surface area contributed by atoms with Gasteiger partial charge in [0, 0.05) is 18.9 Å². The Balaban J connectivity index is 1.51. The van der Waals surface area contributed by atoms with E-state index >= 15 is 0 Å². The highest BCUT2D eigenvalue weighted by Gasteiger charge is 2.09. The van der Waals surface area contributed by atoms with Gasteiger partial charge in [0.05, 0.1) is 23.3 Å². The van der Waals surface area contributed by atoms with E-state index in [4.69, 9.17) is 4.98 Å². The summed E-state index contributed by atoms with van der Waals surface area (Å²) >= 11 is 0. The zero-order valence-corrected chi connectivity index (χ0v) is 15.4. The van der Waals surface area contributed by atoms with Crippen molar-refractivity contribution >= 4 is 11.0 Å². The minimum Gasteiger partial charge on any atom is -0.341 e. The summed E-state index contributed by atoms with van der Waals surface area (Å²) < 4.78 is 2.12. The highest BCUT2D eigenvalue weighted by atomic mass is 15.1. The van der Waals surface area contributed by atoms with E-state index in [9.17, 15) is 0 Å². The Hall–Kier alpha value is -2.92. The van der Waals surface area contributed by atoms with Crippen LogP contribution in [0.25, 0.3) is 16.7 Å². The van der Waals surface area contributed by atoms with Gasteiger partial charge in [-0.05, 0) is 49.6 Å². The Kier molecular flexibility index (Phi) is 4.31. The van der Waals surface area contributed by atoms with Gasteiger partial charge in [-0.15, -0.1) is 0 Å². The van der Waals surface area contributed by atoms with Crippen molar-refractivity contribution in [2.45, 2.75) is 33.9 Å². The van der Waals surface area contributed by atoms with E-state index in [0.29, 0.717) is 6.54 Å². The summed E-state index contributed by atoms with van der Waals surface area (Å²) in [4.78, 5) is 12.5. The second-order valence-corrected chi connectivity index (χ2v) is 6.66. The van der Waals surface area contributed by atoms with Crippen LogP contribution in [0.3, 0.4) is 0 Å². The van der Waals surface area contributed by atoms with Crippen LogP contribution in [0.5, 0.6) is 0 Å². The molecule has 26 heavy (non-hydrogen) atoms. The maximum Gasteiger partial charge on any atom is 0.121 e. The summed E-state index contributed by atoms with van der Waals surface area (Å²) in [5.74, 6) is 1.95. The Morgan fingerprint density at radius 1 is 1.04 bits per heavy atom. The molecule has 0 saturated carbocycles. The summed E-state index contributed by atoms with van der Waals surface area (Å²) in [6.07, 6.45) is 3.83. The smallest absolute Gasteiger partial charge is 0.121 e. The summed E-state index contributed by atoms with van der Waals surface area (Å²) in [6.45, 7) is 7.73. The Morgan fingerprint density at radius 2 is 1.88 bits per heavy atom. The Bertz CT molecular complexity index is 1060. The van der Waals surface area contributed by atoms with Gasteiger partial charge >= 0.3 is 0 Å². The van der Waals surface area contributed by atoms with Gasteiger partial charge in [0.1, 0.15) is 11.6 Å². The minimum atomic E-state index is 0.699. The van der Waals surface area contributed by atoms with Crippen molar-refractivity contribution in [3.8, 4) is 5.69 Å². The molecule has 0 bridgehead atoms. The van der Waals surface area contributed by atoms with Crippen molar-refractivity contribution < 1.29 is 0 Å². The maximum absolute atomic E-state index is 4.76. The number of nitrogens with zero attached hydrogens (tertiary/aromatic N) is 3. The largest absolute Gasteiger partial charge is 0.341 e. The number of imidazole rings is 2. The first kappa shape index (κ1) is 16.5. The molecule has 0 aliphatic carbocycles. The predicted octanol–water partition coefficient (Wildman–Crippen LogP) is 3.96. The molecule has 0 amide bonds. The Labute approximate surface area is 153 Å². The molecule has 0 saturated heterocycles. The lowest BCUT2D eigenvalue weighted by Gasteiger charge is -2.12. The average Bonchev–Trinajstić information content (AvgIpc) is 3.25. The standard InChI is InChI=1S/C21H23N5/c1-14-8-9-18-21(15(14)2)25-20(24-18)13-22-12-17-6-4-5-7-19(17)26-11-10-23-16(26)3/h4-11,22H,12-13H2,1-3H3,(H,24,25). The molecule has 2 aromatic heterocycles. The molecule has 4 aromatic rings. The molecule has 2 heterocycles. The number of hydrogen-bond donors (Lipinski definition) is 2. The van der Waals surface area contributed by atoms with Crippen molar-refractivity contribution in [2.75, 3.05) is 0 Å². The van der Waals surface area contributed by atoms with Crippen LogP contribution in [0.4, 0.5) is 0 Å². The van der Waals surface area contributed by atoms with Crippen molar-refractivity contribution in [1.82, 2.24) is 24.8 Å². The van der Waals surface area contributed by atoms with Crippen molar-refractivity contribution in [1.29, 1.82) is 0 Å². The normalized spacial score (nSPS) is 11.3. The van der Waals surface area contributed by atoms with E-state index < -0.39 is 0 Å². The zero-order valence-electron chi connectivity index (χ0n) is 15.4. The number of aromatic amines is 1. The van der Waals surface area contributed by atoms with Crippen LogP contribution in [-0.2, 0) is 13.1 Å². The molecule has 0 aliphatic heterocycles. The fourth-order valence-electron chi connectivity index (χ4n) is 3.29. The molecule has 132 valence electrons. The number of fused-ring (bicyclic) bond motifs is 1. The fraction of sp³-hybridized carbons (Fsp3) is 0.238. The average molecular weight is 345 g/mol. The summed E-state index contributed by atoms with van der Waals surface area (Å²) in [5, 5.41) is 3.51. The van der Waals surface area contributed by atoms with Crippen LogP contribution in [0.1, 0.15) is 28.3 Å². The van der Waals surface area contributed by atoms with E-state index in [2.05, 4.69) is 70.1 Å². The molecule has 0 aliphatic rings. The molecule has 0 atom stereocenters. The number of nitrogens with one attached hydrogen (secondary N) is 2. The van der Waals surface area contributed by atoms with Crippen molar-refractivity contribution in [2.24, 2.45) is 0 Å². The SMILES string of the molecule is Cc1ccc2[nH]c(CNCc3ccccc3-n3ccnc3C)nc2c1C. The van der Waals surface area contributed by atoms with E-state index in [1.165, 1.54) is 16.7 Å². The number of H-pyrrole nitrogens is 1. The lowest BCUT2D eigenvalue weighted by Crippen LogP contribution is -2.15. The van der Waals surface area contributed by atoms with Crippen LogP contribution in [0.2, 0.25) is 0 Å². The predicted molar refractivity (Wildman–Crippen MR) is 104 cm³/mol. The van der Waals surface area contributed by atoms with Crippen LogP contribution in [0, 0.1) is 20.8 Å². The van der Waals surface area contributed by atoms with Gasteiger partial charge in [0.15, 0.2) is 0 Å². The second kappa shape index (κ2) is 6.77. The van der Waals surface area contributed by atoms with E-state index in [-0.39, 0.29) is 0 Å². The zero-order chi connectivity index (χ0) is 18.1. The number of rotatable bonds is 5. The van der Waals surface area contributed by atoms with E-state index in [1.807, 2.05) is 19.3 Å². The minimum absolute atomic E-state index is 0.699. The van der Waals surface area contributed by atoms with Crippen LogP contribution >= 0.6 is 0 Å². The number of hydrogen-bond acceptors (Lipinski definition) is 3. The maximum atomic E-state index is 4.76. The quantitative estimate of drug-likeness (QED) is 0.575. The third-order valence-corrected chi connectivity index (χ3v) is 4.91.